The van der Waals surface area contributed by atoms with Gasteiger partial charge in [-0.25, -0.2) is 13.9 Å². The first-order chi connectivity index (χ1) is 10.7. The monoisotopic (exact) mass is 304 g/mol. The lowest BCUT2D eigenvalue weighted by Gasteiger charge is -2.00. The molecular weight excluding hydrogens is 287 g/mol. The largest absolute Gasteiger partial charge is 0.501 e. The van der Waals surface area contributed by atoms with Gasteiger partial charge in [0.2, 0.25) is 0 Å². The van der Waals surface area contributed by atoms with Crippen molar-refractivity contribution < 1.29 is 18.7 Å². The Labute approximate surface area is 128 Å². The van der Waals surface area contributed by atoms with Gasteiger partial charge in [0.05, 0.1) is 25.2 Å². The third kappa shape index (κ3) is 3.72. The fourth-order valence-corrected chi connectivity index (χ4v) is 1.81. The van der Waals surface area contributed by atoms with Crippen molar-refractivity contribution in [3.63, 3.8) is 0 Å². The van der Waals surface area contributed by atoms with E-state index in [0.29, 0.717) is 17.9 Å². The summed E-state index contributed by atoms with van der Waals surface area (Å²) >= 11 is 0. The van der Waals surface area contributed by atoms with Crippen LogP contribution in [0.5, 0.6) is 0 Å². The minimum atomic E-state index is -0.514. The second-order valence-electron chi connectivity index (χ2n) is 4.33. The summed E-state index contributed by atoms with van der Waals surface area (Å²) in [5.41, 5.74) is 1.39. The molecule has 0 saturated carbocycles. The lowest BCUT2D eigenvalue weighted by atomic mass is 10.2. The maximum atomic E-state index is 13.0. The van der Waals surface area contributed by atoms with Crippen LogP contribution in [0, 0.1) is 5.82 Å². The molecule has 22 heavy (non-hydrogen) atoms. The number of hydrogen-bond acceptors (Lipinski definition) is 4. The number of ether oxygens (including phenoxy) is 2. The molecule has 0 aliphatic rings. The van der Waals surface area contributed by atoms with Crippen molar-refractivity contribution in [3.05, 3.63) is 53.8 Å². The lowest BCUT2D eigenvalue weighted by Crippen LogP contribution is -2.07. The van der Waals surface area contributed by atoms with Gasteiger partial charge in [-0.15, -0.1) is 0 Å². The molecule has 0 amide bonds. The molecule has 0 aliphatic heterocycles. The molecule has 1 aromatic carbocycles. The van der Waals surface area contributed by atoms with E-state index >= 15 is 0 Å². The zero-order valence-electron chi connectivity index (χ0n) is 12.5. The van der Waals surface area contributed by atoms with Crippen LogP contribution in [-0.2, 0) is 9.47 Å². The van der Waals surface area contributed by atoms with E-state index in [2.05, 4.69) is 5.10 Å². The summed E-state index contributed by atoms with van der Waals surface area (Å²) in [6, 6.07) is 5.81. The Morgan fingerprint density at radius 3 is 2.64 bits per heavy atom. The molecule has 0 radical (unpaired) electrons. The number of carbonyl (C=O) groups excluding carboxylic acids is 1. The Morgan fingerprint density at radius 2 is 2.00 bits per heavy atom. The third-order valence-electron chi connectivity index (χ3n) is 2.81. The average molecular weight is 304 g/mol. The number of hydrogen-bond donors (Lipinski definition) is 0. The van der Waals surface area contributed by atoms with Crippen LogP contribution in [0.25, 0.3) is 11.8 Å². The summed E-state index contributed by atoms with van der Waals surface area (Å²) in [5, 5.41) is 4.22. The fourth-order valence-electron chi connectivity index (χ4n) is 1.81. The zero-order chi connectivity index (χ0) is 15.9. The van der Waals surface area contributed by atoms with Crippen LogP contribution in [0.15, 0.2) is 36.7 Å². The smallest absolute Gasteiger partial charge is 0.359 e. The Balaban J connectivity index is 2.38. The predicted octanol–water partition coefficient (Wildman–Crippen LogP) is 3.20. The van der Waals surface area contributed by atoms with E-state index in [1.165, 1.54) is 23.1 Å². The number of benzene rings is 1. The van der Waals surface area contributed by atoms with E-state index in [-0.39, 0.29) is 18.1 Å². The Hall–Kier alpha value is -2.63. The Bertz CT molecular complexity index is 663. The van der Waals surface area contributed by atoms with E-state index in [1.54, 1.807) is 31.3 Å². The molecule has 0 N–H and O–H groups in total. The SMILES string of the molecule is CCO/C=C/c1cn(-c2ccc(F)cc2)nc1C(=O)OCC. The first kappa shape index (κ1) is 15.8. The van der Waals surface area contributed by atoms with Gasteiger partial charge in [0.25, 0.3) is 0 Å². The van der Waals surface area contributed by atoms with E-state index < -0.39 is 5.97 Å². The summed E-state index contributed by atoms with van der Waals surface area (Å²) < 4.78 is 24.6. The normalized spacial score (nSPS) is 10.9. The van der Waals surface area contributed by atoms with Gasteiger partial charge >= 0.3 is 5.97 Å². The van der Waals surface area contributed by atoms with E-state index in [1.807, 2.05) is 6.92 Å². The van der Waals surface area contributed by atoms with Gasteiger partial charge in [-0.3, -0.25) is 0 Å². The van der Waals surface area contributed by atoms with E-state index in [4.69, 9.17) is 9.47 Å². The van der Waals surface area contributed by atoms with Gasteiger partial charge in [0.15, 0.2) is 5.69 Å². The molecule has 0 spiro atoms. The van der Waals surface area contributed by atoms with E-state index in [0.717, 1.165) is 0 Å². The molecule has 0 aliphatic carbocycles. The molecular formula is C16H17FN2O3. The fraction of sp³-hybridized carbons (Fsp3) is 0.250. The van der Waals surface area contributed by atoms with Crippen LogP contribution in [0.1, 0.15) is 29.9 Å². The highest BCUT2D eigenvalue weighted by atomic mass is 19.1. The van der Waals surface area contributed by atoms with Crippen molar-refractivity contribution in [3.8, 4) is 5.69 Å². The van der Waals surface area contributed by atoms with Crippen LogP contribution < -0.4 is 0 Å². The van der Waals surface area contributed by atoms with Crippen LogP contribution in [0.4, 0.5) is 4.39 Å². The lowest BCUT2D eigenvalue weighted by molar-refractivity contribution is 0.0518. The standard InChI is InChI=1S/C16H17FN2O3/c1-3-21-10-9-12-11-19(14-7-5-13(17)6-8-14)18-15(12)16(20)22-4-2/h5-11H,3-4H2,1-2H3/b10-9+. The second kappa shape index (κ2) is 7.40. The maximum absolute atomic E-state index is 13.0. The molecule has 5 nitrogen and oxygen atoms in total. The van der Waals surface area contributed by atoms with Crippen molar-refractivity contribution in [1.82, 2.24) is 9.78 Å². The summed E-state index contributed by atoms with van der Waals surface area (Å²) in [6.45, 7) is 4.37. The number of rotatable bonds is 6. The Kier molecular flexibility index (Phi) is 5.30. The molecule has 0 unspecified atom stereocenters. The molecule has 2 rings (SSSR count). The number of aromatic nitrogens is 2. The highest BCUT2D eigenvalue weighted by molar-refractivity contribution is 5.91. The quantitative estimate of drug-likeness (QED) is 0.607. The van der Waals surface area contributed by atoms with E-state index in [9.17, 15) is 9.18 Å². The minimum absolute atomic E-state index is 0.183. The first-order valence-corrected chi connectivity index (χ1v) is 6.96. The van der Waals surface area contributed by atoms with Gasteiger partial charge in [-0.05, 0) is 44.2 Å². The highest BCUT2D eigenvalue weighted by Gasteiger charge is 2.17. The third-order valence-corrected chi connectivity index (χ3v) is 2.81. The number of carbonyl (C=O) groups is 1. The van der Waals surface area contributed by atoms with Gasteiger partial charge < -0.3 is 9.47 Å². The number of esters is 1. The molecule has 1 aromatic heterocycles. The summed E-state index contributed by atoms with van der Waals surface area (Å²) in [5.74, 6) is -0.850. The summed E-state index contributed by atoms with van der Waals surface area (Å²) in [6.07, 6.45) is 4.80. The van der Waals surface area contributed by atoms with Gasteiger partial charge in [-0.1, -0.05) is 0 Å². The molecule has 1 heterocycles. The predicted molar refractivity (Wildman–Crippen MR) is 80.1 cm³/mol. The van der Waals surface area contributed by atoms with Crippen molar-refractivity contribution in [1.29, 1.82) is 0 Å². The van der Waals surface area contributed by atoms with Gasteiger partial charge in [0, 0.05) is 11.8 Å². The average Bonchev–Trinajstić information content (AvgIpc) is 2.93. The zero-order valence-corrected chi connectivity index (χ0v) is 12.5. The van der Waals surface area contributed by atoms with Crippen molar-refractivity contribution in [2.75, 3.05) is 13.2 Å². The van der Waals surface area contributed by atoms with Gasteiger partial charge in [-0.2, -0.15) is 5.10 Å². The second-order valence-corrected chi connectivity index (χ2v) is 4.33. The molecule has 116 valence electrons. The van der Waals surface area contributed by atoms with Crippen molar-refractivity contribution >= 4 is 12.0 Å². The molecule has 0 atom stereocenters. The Morgan fingerprint density at radius 1 is 1.27 bits per heavy atom. The minimum Gasteiger partial charge on any atom is -0.501 e. The molecule has 6 heteroatoms. The molecule has 0 saturated heterocycles. The molecule has 0 fully saturated rings. The van der Waals surface area contributed by atoms with Crippen LogP contribution in [0.2, 0.25) is 0 Å². The van der Waals surface area contributed by atoms with Crippen molar-refractivity contribution in [2.24, 2.45) is 0 Å². The van der Waals surface area contributed by atoms with Crippen LogP contribution in [0.3, 0.4) is 0 Å². The first-order valence-electron chi connectivity index (χ1n) is 6.96. The topological polar surface area (TPSA) is 53.4 Å². The maximum Gasteiger partial charge on any atom is 0.359 e. The molecule has 2 aromatic rings. The van der Waals surface area contributed by atoms with Gasteiger partial charge in [0.1, 0.15) is 5.82 Å². The van der Waals surface area contributed by atoms with Crippen LogP contribution >= 0.6 is 0 Å². The number of halogens is 1. The number of nitrogens with zero attached hydrogens (tertiary/aromatic N) is 2. The summed E-state index contributed by atoms with van der Waals surface area (Å²) in [4.78, 5) is 12.0. The van der Waals surface area contributed by atoms with Crippen molar-refractivity contribution in [2.45, 2.75) is 13.8 Å². The highest BCUT2D eigenvalue weighted by Crippen LogP contribution is 2.16. The van der Waals surface area contributed by atoms with Crippen LogP contribution in [-0.4, -0.2) is 29.0 Å². The summed E-state index contributed by atoms with van der Waals surface area (Å²) in [7, 11) is 0. The molecule has 0 bridgehead atoms.